The quantitative estimate of drug-likeness (QED) is 0.0631. The van der Waals surface area contributed by atoms with Crippen LogP contribution in [0.4, 0.5) is 12.9 Å². The van der Waals surface area contributed by atoms with Crippen molar-refractivity contribution in [1.82, 2.24) is 0 Å². The summed E-state index contributed by atoms with van der Waals surface area (Å²) in [4.78, 5) is 0. The molecule has 3 radical (unpaired) electrons. The zero-order valence-corrected chi connectivity index (χ0v) is 44.6. The van der Waals surface area contributed by atoms with E-state index in [0.29, 0.717) is 0 Å². The van der Waals surface area contributed by atoms with Crippen LogP contribution in [-0.2, 0) is 72.6 Å². The predicted molar refractivity (Wildman–Crippen MR) is 269 cm³/mol. The van der Waals surface area contributed by atoms with Crippen molar-refractivity contribution in [2.75, 3.05) is 0 Å². The Bertz CT molecular complexity index is 1960. The molecule has 0 aliphatic rings. The second-order valence-electron chi connectivity index (χ2n) is 13.3. The van der Waals surface area contributed by atoms with Crippen LogP contribution in [0.1, 0.15) is 0 Å². The second kappa shape index (κ2) is 34.5. The maximum atomic E-state index is 9.67. The summed E-state index contributed by atoms with van der Waals surface area (Å²) < 4.78 is 29.0. The van der Waals surface area contributed by atoms with Crippen LogP contribution in [0.15, 0.2) is 273 Å². The van der Waals surface area contributed by atoms with Crippen molar-refractivity contribution in [2.24, 2.45) is 0 Å². The average molecular weight is 1480 g/mol. The van der Waals surface area contributed by atoms with Crippen molar-refractivity contribution < 1.29 is 90.3 Å². The fourth-order valence-corrected chi connectivity index (χ4v) is 13.5. The van der Waals surface area contributed by atoms with Gasteiger partial charge in [0.15, 0.2) is 0 Å². The fraction of sp³-hybridized carbons (Fsp3) is 0. The van der Waals surface area contributed by atoms with Gasteiger partial charge in [0.25, 0.3) is 0 Å². The predicted octanol–water partition coefficient (Wildman–Crippen LogP) is 7.29. The van der Waals surface area contributed by atoms with Crippen molar-refractivity contribution in [2.45, 2.75) is 0 Å². The molecule has 12 heteroatoms. The van der Waals surface area contributed by atoms with Gasteiger partial charge in [0.2, 0.25) is 0 Å². The third-order valence-corrected chi connectivity index (χ3v) is 16.5. The Balaban J connectivity index is 0.000000458. The van der Waals surface area contributed by atoms with Crippen LogP contribution in [0.2, 0.25) is 0 Å². The molecular formula is C54H48Au3BF4OP3. The van der Waals surface area contributed by atoms with Crippen LogP contribution in [0.3, 0.4) is 0 Å². The van der Waals surface area contributed by atoms with Crippen molar-refractivity contribution in [3.05, 3.63) is 273 Å². The molecule has 66 heavy (non-hydrogen) atoms. The minimum atomic E-state index is -3.67. The van der Waals surface area contributed by atoms with E-state index in [4.69, 9.17) is 0 Å². The molecule has 1 nitrogen and oxygen atoms in total. The molecular weight excluding hydrogens is 1440 g/mol. The van der Waals surface area contributed by atoms with E-state index in [0.717, 1.165) is 0 Å². The average Bonchev–Trinajstić information content (AvgIpc) is 3.33. The van der Waals surface area contributed by atoms with Gasteiger partial charge in [0.05, 0.1) is 0 Å². The van der Waals surface area contributed by atoms with Gasteiger partial charge in [-0.15, -0.1) is 0 Å². The summed E-state index contributed by atoms with van der Waals surface area (Å²) in [6, 6.07) is 97.0. The molecule has 0 atom stereocenters. The summed E-state index contributed by atoms with van der Waals surface area (Å²) in [6.07, 6.45) is 0. The van der Waals surface area contributed by atoms with E-state index in [1.807, 2.05) is 0 Å². The molecule has 3 N–H and O–H groups in total. The summed E-state index contributed by atoms with van der Waals surface area (Å²) in [5.74, 6) is 0. The number of benzene rings is 9. The van der Waals surface area contributed by atoms with Gasteiger partial charge in [-0.2, -0.15) is 0 Å². The van der Waals surface area contributed by atoms with Crippen LogP contribution in [-0.4, -0.2) is 7.54 Å². The first-order valence-electron chi connectivity index (χ1n) is 19.9. The molecule has 0 heterocycles. The molecule has 0 bridgehead atoms. The van der Waals surface area contributed by atoms with E-state index in [2.05, 4.69) is 273 Å². The monoisotopic (exact) mass is 1480 g/mol. The molecule has 349 valence electrons. The fourth-order valence-electron chi connectivity index (χ4n) is 6.54. The van der Waals surface area contributed by atoms with Crippen LogP contribution < -0.4 is 52.4 Å². The summed E-state index contributed by atoms with van der Waals surface area (Å²) in [6.45, 7) is 0. The molecule has 0 aliphatic carbocycles. The van der Waals surface area contributed by atoms with Gasteiger partial charge in [-0.3, -0.25) is 12.9 Å². The Hall–Kier alpha value is -3.76. The molecule has 9 aromatic rings. The molecule has 0 aromatic heterocycles. The Morgan fingerprint density at radius 3 is 0.364 bits per heavy atom. The number of halogens is 4. The Kier molecular flexibility index (Phi) is 31.5. The molecule has 0 unspecified atom stereocenters. The SMILES string of the molecule is FB(F)F.[Au].[Au].[Au].[F-].[OH3+].c1ccc(P(c2ccccc2)c2ccccc2)cc1.c1ccc(P(c2ccccc2)c2ccccc2)cc1.c1ccc(P(c2ccccc2)c2ccccc2)cc1. The zero-order valence-electron chi connectivity index (χ0n) is 35.4. The molecule has 0 saturated carbocycles. The normalized spacial score (nSPS) is 9.55. The molecule has 0 saturated heterocycles. The van der Waals surface area contributed by atoms with E-state index in [1.165, 1.54) is 47.7 Å². The van der Waals surface area contributed by atoms with Crippen molar-refractivity contribution in [3.8, 4) is 0 Å². The van der Waals surface area contributed by atoms with Gasteiger partial charge in [-0.05, 0) is 71.5 Å². The van der Waals surface area contributed by atoms with Gasteiger partial charge in [-0.1, -0.05) is 273 Å². The molecule has 0 amide bonds. The van der Waals surface area contributed by atoms with Crippen LogP contribution >= 0.6 is 23.8 Å². The third-order valence-electron chi connectivity index (χ3n) is 9.13. The number of hydrogen-bond acceptors (Lipinski definition) is 0. The summed E-state index contributed by atoms with van der Waals surface area (Å²) in [7, 11) is -5.00. The summed E-state index contributed by atoms with van der Waals surface area (Å²) >= 11 is 0. The van der Waals surface area contributed by atoms with Crippen molar-refractivity contribution in [1.29, 1.82) is 0 Å². The Labute approximate surface area is 438 Å². The largest absolute Gasteiger partial charge is 1.00 e. The standard InChI is InChI=1S/3C18H15P.3Au.BF3.FH.H2O/c3*1-4-10-16(11-5-1)19(17-12-6-2-7-13-17)18-14-8-3-9-15-18;;;;2-1(3)4;;/h3*1-15H;;;;;1H;1H2. The first-order valence-corrected chi connectivity index (χ1v) is 23.9. The summed E-state index contributed by atoms with van der Waals surface area (Å²) in [5, 5.41) is 12.6. The van der Waals surface area contributed by atoms with Crippen LogP contribution in [0.25, 0.3) is 0 Å². The van der Waals surface area contributed by atoms with E-state index in [-0.39, 0.29) is 77.3 Å². The first-order chi connectivity index (χ1) is 30.1. The van der Waals surface area contributed by atoms with Gasteiger partial charge in [0, 0.05) is 67.1 Å². The van der Waals surface area contributed by atoms with E-state index in [1.54, 1.807) is 0 Å². The first kappa shape index (κ1) is 60.3. The van der Waals surface area contributed by atoms with Crippen LogP contribution in [0.5, 0.6) is 0 Å². The minimum absolute atomic E-state index is 0. The Morgan fingerprint density at radius 2 is 0.288 bits per heavy atom. The van der Waals surface area contributed by atoms with Gasteiger partial charge >= 0.3 is 7.54 Å². The summed E-state index contributed by atoms with van der Waals surface area (Å²) in [5.41, 5.74) is 0. The number of hydrogen-bond donors (Lipinski definition) is 0. The molecule has 0 spiro atoms. The van der Waals surface area contributed by atoms with Crippen molar-refractivity contribution in [3.63, 3.8) is 0 Å². The van der Waals surface area contributed by atoms with E-state index in [9.17, 15) is 12.9 Å². The van der Waals surface area contributed by atoms with E-state index >= 15 is 0 Å². The van der Waals surface area contributed by atoms with Gasteiger partial charge < -0.3 is 10.2 Å². The van der Waals surface area contributed by atoms with Gasteiger partial charge in [0.1, 0.15) is 0 Å². The molecule has 9 rings (SSSR count). The maximum absolute atomic E-state index is 9.67. The topological polar surface area (TPSA) is 33.0 Å². The second-order valence-corrected chi connectivity index (χ2v) is 19.9. The molecule has 0 aliphatic heterocycles. The number of rotatable bonds is 9. The minimum Gasteiger partial charge on any atom is -1.00 e. The van der Waals surface area contributed by atoms with Crippen molar-refractivity contribution >= 4 is 79.0 Å². The molecule has 9 aromatic carbocycles. The zero-order chi connectivity index (χ0) is 42.3. The third kappa shape index (κ3) is 19.5. The maximum Gasteiger partial charge on any atom is 0.762 e. The van der Waals surface area contributed by atoms with E-state index < -0.39 is 31.3 Å². The smallest absolute Gasteiger partial charge is 0.762 e. The van der Waals surface area contributed by atoms with Crippen LogP contribution in [0, 0.1) is 0 Å². The Morgan fingerprint density at radius 1 is 0.212 bits per heavy atom. The molecule has 0 fully saturated rings. The van der Waals surface area contributed by atoms with Gasteiger partial charge in [-0.25, -0.2) is 0 Å².